The molecule has 0 spiro atoms. The second-order valence-corrected chi connectivity index (χ2v) is 5.39. The van der Waals surface area contributed by atoms with Crippen LogP contribution in [0, 0.1) is 6.92 Å². The molecular weight excluding hydrogens is 236 g/mol. The fourth-order valence-electron chi connectivity index (χ4n) is 2.12. The molecule has 1 heterocycles. The largest absolute Gasteiger partial charge is 0.460 e. The number of furan rings is 1. The van der Waals surface area contributed by atoms with Gasteiger partial charge in [0.1, 0.15) is 11.3 Å². The highest BCUT2D eigenvalue weighted by Crippen LogP contribution is 2.20. The zero-order valence-electron chi connectivity index (χ0n) is 12.1. The lowest BCUT2D eigenvalue weighted by atomic mass is 10.2. The molecule has 2 aromatic rings. The van der Waals surface area contributed by atoms with E-state index in [1.807, 2.05) is 6.07 Å². The predicted octanol–water partition coefficient (Wildman–Crippen LogP) is 3.22. The van der Waals surface area contributed by atoms with Gasteiger partial charge in [-0.05, 0) is 44.6 Å². The van der Waals surface area contributed by atoms with E-state index in [9.17, 15) is 0 Å². The van der Waals surface area contributed by atoms with Gasteiger partial charge in [-0.3, -0.25) is 0 Å². The van der Waals surface area contributed by atoms with Crippen LogP contribution in [-0.2, 0) is 6.54 Å². The Balaban J connectivity index is 1.75. The SMILES string of the molecule is Cc1ccc2oc(CNCCCNC(C)C)cc2c1. The molecule has 0 aliphatic heterocycles. The first-order chi connectivity index (χ1) is 9.15. The summed E-state index contributed by atoms with van der Waals surface area (Å²) in [5.74, 6) is 1.01. The zero-order chi connectivity index (χ0) is 13.7. The number of nitrogens with one attached hydrogen (secondary N) is 2. The maximum absolute atomic E-state index is 5.79. The molecule has 0 aliphatic carbocycles. The minimum atomic E-state index is 0.568. The Bertz CT molecular complexity index is 516. The minimum Gasteiger partial charge on any atom is -0.460 e. The molecule has 0 fully saturated rings. The van der Waals surface area contributed by atoms with Crippen LogP contribution < -0.4 is 10.6 Å². The third kappa shape index (κ3) is 4.37. The normalized spacial score (nSPS) is 11.6. The summed E-state index contributed by atoms with van der Waals surface area (Å²) in [7, 11) is 0. The van der Waals surface area contributed by atoms with Gasteiger partial charge in [-0.15, -0.1) is 0 Å². The van der Waals surface area contributed by atoms with E-state index in [1.54, 1.807) is 0 Å². The third-order valence-corrected chi connectivity index (χ3v) is 3.10. The van der Waals surface area contributed by atoms with Gasteiger partial charge in [0.15, 0.2) is 0 Å². The molecule has 0 radical (unpaired) electrons. The number of hydrogen-bond donors (Lipinski definition) is 2. The number of benzene rings is 1. The van der Waals surface area contributed by atoms with Gasteiger partial charge in [-0.1, -0.05) is 25.5 Å². The zero-order valence-corrected chi connectivity index (χ0v) is 12.1. The van der Waals surface area contributed by atoms with Crippen molar-refractivity contribution < 1.29 is 4.42 Å². The summed E-state index contributed by atoms with van der Waals surface area (Å²) in [4.78, 5) is 0. The van der Waals surface area contributed by atoms with Crippen molar-refractivity contribution in [2.24, 2.45) is 0 Å². The van der Waals surface area contributed by atoms with Crippen LogP contribution in [0.3, 0.4) is 0 Å². The standard InChI is InChI=1S/C16H24N2O/c1-12(2)18-8-4-7-17-11-15-10-14-9-13(3)5-6-16(14)19-15/h5-6,9-10,12,17-18H,4,7-8,11H2,1-3H3. The van der Waals surface area contributed by atoms with E-state index in [2.05, 4.69) is 49.6 Å². The smallest absolute Gasteiger partial charge is 0.134 e. The van der Waals surface area contributed by atoms with Crippen LogP contribution in [0.4, 0.5) is 0 Å². The van der Waals surface area contributed by atoms with E-state index in [1.165, 1.54) is 10.9 Å². The van der Waals surface area contributed by atoms with Gasteiger partial charge < -0.3 is 15.1 Å². The van der Waals surface area contributed by atoms with Crippen LogP contribution in [0.15, 0.2) is 28.7 Å². The molecule has 0 amide bonds. The van der Waals surface area contributed by atoms with Crippen molar-refractivity contribution in [3.05, 3.63) is 35.6 Å². The van der Waals surface area contributed by atoms with E-state index >= 15 is 0 Å². The van der Waals surface area contributed by atoms with Gasteiger partial charge >= 0.3 is 0 Å². The first-order valence-electron chi connectivity index (χ1n) is 7.08. The summed E-state index contributed by atoms with van der Waals surface area (Å²) >= 11 is 0. The molecule has 0 saturated carbocycles. The van der Waals surface area contributed by atoms with Crippen molar-refractivity contribution in [2.75, 3.05) is 13.1 Å². The lowest BCUT2D eigenvalue weighted by Gasteiger charge is -2.07. The molecule has 0 atom stereocenters. The number of fused-ring (bicyclic) bond motifs is 1. The molecule has 3 heteroatoms. The molecule has 1 aromatic heterocycles. The Hall–Kier alpha value is -1.32. The van der Waals surface area contributed by atoms with Crippen molar-refractivity contribution in [3.63, 3.8) is 0 Å². The van der Waals surface area contributed by atoms with Gasteiger partial charge in [0.2, 0.25) is 0 Å². The second-order valence-electron chi connectivity index (χ2n) is 5.39. The van der Waals surface area contributed by atoms with Gasteiger partial charge in [0.05, 0.1) is 6.54 Å². The lowest BCUT2D eigenvalue weighted by molar-refractivity contribution is 0.498. The summed E-state index contributed by atoms with van der Waals surface area (Å²) in [6, 6.07) is 8.98. The molecule has 19 heavy (non-hydrogen) atoms. The molecule has 2 rings (SSSR count). The maximum atomic E-state index is 5.79. The predicted molar refractivity (Wildman–Crippen MR) is 80.4 cm³/mol. The Kier molecular flexibility index (Phi) is 5.00. The topological polar surface area (TPSA) is 37.2 Å². The Morgan fingerprint density at radius 1 is 1.16 bits per heavy atom. The van der Waals surface area contributed by atoms with Crippen LogP contribution in [0.5, 0.6) is 0 Å². The summed E-state index contributed by atoms with van der Waals surface area (Å²) < 4.78 is 5.79. The van der Waals surface area contributed by atoms with Crippen molar-refractivity contribution in [2.45, 2.75) is 39.8 Å². The first-order valence-corrected chi connectivity index (χ1v) is 7.08. The molecule has 104 valence electrons. The van der Waals surface area contributed by atoms with Crippen LogP contribution in [0.1, 0.15) is 31.6 Å². The fraction of sp³-hybridized carbons (Fsp3) is 0.500. The molecule has 0 unspecified atom stereocenters. The van der Waals surface area contributed by atoms with E-state index in [0.29, 0.717) is 6.04 Å². The van der Waals surface area contributed by atoms with Gasteiger partial charge in [-0.25, -0.2) is 0 Å². The number of rotatable bonds is 7. The Labute approximate surface area is 115 Å². The van der Waals surface area contributed by atoms with Crippen LogP contribution in [0.2, 0.25) is 0 Å². The molecular formula is C16H24N2O. The third-order valence-electron chi connectivity index (χ3n) is 3.10. The first kappa shape index (κ1) is 14.1. The highest BCUT2D eigenvalue weighted by molar-refractivity contribution is 5.78. The van der Waals surface area contributed by atoms with E-state index < -0.39 is 0 Å². The lowest BCUT2D eigenvalue weighted by Crippen LogP contribution is -2.26. The van der Waals surface area contributed by atoms with Crippen molar-refractivity contribution in [1.29, 1.82) is 0 Å². The number of aryl methyl sites for hydroxylation is 1. The highest BCUT2D eigenvalue weighted by atomic mass is 16.3. The molecule has 2 N–H and O–H groups in total. The quantitative estimate of drug-likeness (QED) is 0.751. The maximum Gasteiger partial charge on any atom is 0.134 e. The fourth-order valence-corrected chi connectivity index (χ4v) is 2.12. The molecule has 0 bridgehead atoms. The summed E-state index contributed by atoms with van der Waals surface area (Å²) in [6.07, 6.45) is 1.14. The Morgan fingerprint density at radius 2 is 2.00 bits per heavy atom. The molecule has 1 aromatic carbocycles. The molecule has 0 aliphatic rings. The Morgan fingerprint density at radius 3 is 2.79 bits per heavy atom. The van der Waals surface area contributed by atoms with E-state index in [-0.39, 0.29) is 0 Å². The molecule has 3 nitrogen and oxygen atoms in total. The van der Waals surface area contributed by atoms with Crippen LogP contribution >= 0.6 is 0 Å². The monoisotopic (exact) mass is 260 g/mol. The van der Waals surface area contributed by atoms with Gasteiger partial charge in [0, 0.05) is 11.4 Å². The summed E-state index contributed by atoms with van der Waals surface area (Å²) in [5.41, 5.74) is 2.25. The van der Waals surface area contributed by atoms with Gasteiger partial charge in [-0.2, -0.15) is 0 Å². The molecule has 0 saturated heterocycles. The average molecular weight is 260 g/mol. The average Bonchev–Trinajstić information content (AvgIpc) is 2.75. The minimum absolute atomic E-state index is 0.568. The van der Waals surface area contributed by atoms with E-state index in [0.717, 1.165) is 37.4 Å². The van der Waals surface area contributed by atoms with Gasteiger partial charge in [0.25, 0.3) is 0 Å². The van der Waals surface area contributed by atoms with Crippen molar-refractivity contribution in [1.82, 2.24) is 10.6 Å². The van der Waals surface area contributed by atoms with Crippen LogP contribution in [0.25, 0.3) is 11.0 Å². The second kappa shape index (κ2) is 6.73. The number of hydrogen-bond acceptors (Lipinski definition) is 3. The highest BCUT2D eigenvalue weighted by Gasteiger charge is 2.03. The van der Waals surface area contributed by atoms with Crippen molar-refractivity contribution in [3.8, 4) is 0 Å². The summed E-state index contributed by atoms with van der Waals surface area (Å²) in [5, 5.41) is 8.02. The van der Waals surface area contributed by atoms with Crippen molar-refractivity contribution >= 4 is 11.0 Å². The van der Waals surface area contributed by atoms with E-state index in [4.69, 9.17) is 4.42 Å². The summed E-state index contributed by atoms with van der Waals surface area (Å²) in [6.45, 7) is 9.31. The van der Waals surface area contributed by atoms with Crippen LogP contribution in [-0.4, -0.2) is 19.1 Å².